The third-order valence-electron chi connectivity index (χ3n) is 7.96. The monoisotopic (exact) mass is 620 g/mol. The summed E-state index contributed by atoms with van der Waals surface area (Å²) in [5, 5.41) is 24.3. The van der Waals surface area contributed by atoms with E-state index in [1.54, 1.807) is 0 Å². The lowest BCUT2D eigenvalue weighted by Gasteiger charge is -2.35. The second-order valence-electron chi connectivity index (χ2n) is 10.9. The van der Waals surface area contributed by atoms with Crippen molar-refractivity contribution in [2.45, 2.75) is 55.7 Å². The van der Waals surface area contributed by atoms with Gasteiger partial charge >= 0.3 is 18.4 Å². The molecule has 0 atom stereocenters. The molecule has 3 amide bonds. The van der Waals surface area contributed by atoms with E-state index >= 15 is 0 Å². The van der Waals surface area contributed by atoms with Crippen molar-refractivity contribution in [1.82, 2.24) is 15.1 Å². The predicted molar refractivity (Wildman–Crippen MR) is 140 cm³/mol. The maximum Gasteiger partial charge on any atom is 0.430 e. The molecular weight excluding hydrogens is 589 g/mol. The smallest absolute Gasteiger partial charge is 0.394 e. The molecule has 0 radical (unpaired) electrons. The predicted octanol–water partition coefficient (Wildman–Crippen LogP) is 4.52. The van der Waals surface area contributed by atoms with Gasteiger partial charge in [0.2, 0.25) is 0 Å². The molecule has 4 N–H and O–H groups in total. The minimum Gasteiger partial charge on any atom is -0.394 e. The highest BCUT2D eigenvalue weighted by atomic mass is 19.4. The molecule has 1 heterocycles. The van der Waals surface area contributed by atoms with Gasteiger partial charge in [-0.05, 0) is 36.6 Å². The Kier molecular flexibility index (Phi) is 9.28. The summed E-state index contributed by atoms with van der Waals surface area (Å²) in [5.41, 5.74) is -6.76. The van der Waals surface area contributed by atoms with Gasteiger partial charge < -0.3 is 25.7 Å². The van der Waals surface area contributed by atoms with Gasteiger partial charge in [0, 0.05) is 43.9 Å². The minimum absolute atomic E-state index is 0.0527. The zero-order valence-electron chi connectivity index (χ0n) is 22.9. The largest absolute Gasteiger partial charge is 0.430 e. The van der Waals surface area contributed by atoms with Crippen LogP contribution < -0.4 is 10.6 Å². The zero-order valence-corrected chi connectivity index (χ0v) is 22.9. The number of piperazine rings is 1. The summed E-state index contributed by atoms with van der Waals surface area (Å²) in [7, 11) is 0. The molecule has 15 heteroatoms. The van der Waals surface area contributed by atoms with Gasteiger partial charge in [0.15, 0.2) is 0 Å². The van der Waals surface area contributed by atoms with E-state index in [0.29, 0.717) is 43.6 Å². The number of aliphatic hydroxyl groups excluding tert-OH is 1. The number of carbonyl (C=O) groups is 2. The Morgan fingerprint density at radius 3 is 1.98 bits per heavy atom. The van der Waals surface area contributed by atoms with E-state index in [1.807, 2.05) is 4.90 Å². The molecule has 43 heavy (non-hydrogen) atoms. The van der Waals surface area contributed by atoms with E-state index in [1.165, 1.54) is 17.0 Å². The first-order chi connectivity index (χ1) is 20.1. The third-order valence-corrected chi connectivity index (χ3v) is 7.96. The first-order valence-electron chi connectivity index (χ1n) is 13.5. The van der Waals surface area contributed by atoms with Crippen molar-refractivity contribution >= 4 is 17.6 Å². The van der Waals surface area contributed by atoms with Crippen LogP contribution in [0, 0.1) is 5.82 Å². The summed E-state index contributed by atoms with van der Waals surface area (Å²) in [6.45, 7) is 1.06. The van der Waals surface area contributed by atoms with Crippen molar-refractivity contribution in [1.29, 1.82) is 0 Å². The summed E-state index contributed by atoms with van der Waals surface area (Å²) in [6, 6.07) is 6.30. The van der Waals surface area contributed by atoms with Gasteiger partial charge in [-0.15, -0.1) is 0 Å². The second-order valence-corrected chi connectivity index (χ2v) is 10.9. The lowest BCUT2D eigenvalue weighted by Crippen LogP contribution is -2.53. The summed E-state index contributed by atoms with van der Waals surface area (Å²) in [6.07, 6.45) is -9.00. The molecule has 0 aromatic heterocycles. The van der Waals surface area contributed by atoms with Crippen molar-refractivity contribution in [3.63, 3.8) is 0 Å². The van der Waals surface area contributed by atoms with Gasteiger partial charge in [-0.3, -0.25) is 9.69 Å². The number of aliphatic hydroxyl groups is 2. The lowest BCUT2D eigenvalue weighted by atomic mass is 9.91. The Labute approximate surface area is 242 Å². The molecule has 2 fully saturated rings. The van der Waals surface area contributed by atoms with Crippen LogP contribution in [0.4, 0.5) is 41.2 Å². The van der Waals surface area contributed by atoms with Gasteiger partial charge in [0.1, 0.15) is 5.82 Å². The van der Waals surface area contributed by atoms with Gasteiger partial charge in [-0.25, -0.2) is 9.18 Å². The van der Waals surface area contributed by atoms with E-state index in [9.17, 15) is 50.5 Å². The molecule has 1 saturated heterocycles. The molecule has 236 valence electrons. The third kappa shape index (κ3) is 6.88. The average Bonchev–Trinajstić information content (AvgIpc) is 3.41. The highest BCUT2D eigenvalue weighted by molar-refractivity contribution is 5.96. The van der Waals surface area contributed by atoms with Gasteiger partial charge in [-0.1, -0.05) is 37.1 Å². The maximum atomic E-state index is 14.8. The summed E-state index contributed by atoms with van der Waals surface area (Å²) >= 11 is 0. The molecule has 2 aromatic carbocycles. The zero-order chi connectivity index (χ0) is 31.6. The van der Waals surface area contributed by atoms with Crippen LogP contribution in [-0.4, -0.2) is 82.6 Å². The van der Waals surface area contributed by atoms with Crippen LogP contribution in [0.25, 0.3) is 0 Å². The van der Waals surface area contributed by atoms with E-state index in [0.717, 1.165) is 31.0 Å². The molecular formula is C28H31F7N4O4. The van der Waals surface area contributed by atoms with Crippen LogP contribution in [-0.2, 0) is 12.1 Å². The molecule has 0 spiro atoms. The van der Waals surface area contributed by atoms with Crippen LogP contribution in [0.1, 0.15) is 47.2 Å². The molecule has 1 aliphatic heterocycles. The van der Waals surface area contributed by atoms with Gasteiger partial charge in [-0.2, -0.15) is 26.3 Å². The fourth-order valence-corrected chi connectivity index (χ4v) is 5.41. The molecule has 0 unspecified atom stereocenters. The fourth-order valence-electron chi connectivity index (χ4n) is 5.41. The standard InChI is InChI=1S/C28H31F7N4O4/c29-21-15-19(5-8-22(21)36-24(42)37-25(17-40)9-1-2-10-25)23(41)39-13-11-38(12-14-39)16-18-3-6-20(7-4-18)26(43,27(30,31)32)28(33,34)35/h3-8,15,40,43H,1-2,9-14,16-17H2,(H2,36,37,42). The molecule has 4 rings (SSSR count). The molecule has 1 aliphatic carbocycles. The minimum atomic E-state index is -5.97. The first-order valence-corrected chi connectivity index (χ1v) is 13.5. The highest BCUT2D eigenvalue weighted by Gasteiger charge is 2.71. The first kappa shape index (κ1) is 32.5. The Bertz CT molecular complexity index is 1290. The van der Waals surface area contributed by atoms with Crippen LogP contribution in [0.5, 0.6) is 0 Å². The van der Waals surface area contributed by atoms with E-state index in [4.69, 9.17) is 0 Å². The number of hydrogen-bond donors (Lipinski definition) is 4. The fraction of sp³-hybridized carbons (Fsp3) is 0.500. The van der Waals surface area contributed by atoms with E-state index < -0.39 is 46.8 Å². The summed E-state index contributed by atoms with van der Waals surface area (Å²) < 4.78 is 93.4. The number of nitrogens with one attached hydrogen (secondary N) is 2. The number of nitrogens with zero attached hydrogens (tertiary/aromatic N) is 2. The molecule has 2 aromatic rings. The van der Waals surface area contributed by atoms with Crippen LogP contribution in [0.3, 0.4) is 0 Å². The van der Waals surface area contributed by atoms with Gasteiger partial charge in [0.25, 0.3) is 11.5 Å². The Balaban J connectivity index is 1.31. The number of anilines is 1. The Morgan fingerprint density at radius 1 is 0.884 bits per heavy atom. The molecule has 8 nitrogen and oxygen atoms in total. The lowest BCUT2D eigenvalue weighted by molar-refractivity contribution is -0.376. The van der Waals surface area contributed by atoms with Crippen LogP contribution in [0.15, 0.2) is 42.5 Å². The Hall–Kier alpha value is -3.43. The van der Waals surface area contributed by atoms with Crippen molar-refractivity contribution < 1.29 is 50.5 Å². The van der Waals surface area contributed by atoms with Crippen molar-refractivity contribution in [3.05, 3.63) is 65.0 Å². The van der Waals surface area contributed by atoms with E-state index in [-0.39, 0.29) is 37.5 Å². The maximum absolute atomic E-state index is 14.8. The quantitative estimate of drug-likeness (QED) is 0.341. The average molecular weight is 621 g/mol. The number of rotatable bonds is 7. The van der Waals surface area contributed by atoms with Crippen LogP contribution in [0.2, 0.25) is 0 Å². The normalized spacial score (nSPS) is 18.0. The molecule has 1 saturated carbocycles. The SMILES string of the molecule is O=C(Nc1ccc(C(=O)N2CCN(Cc3ccc(C(O)(C(F)(F)F)C(F)(F)F)cc3)CC2)cc1F)NC1(CO)CCCC1. The number of hydrogen-bond acceptors (Lipinski definition) is 5. The number of benzene rings is 2. The second kappa shape index (κ2) is 12.3. The number of urea groups is 1. The van der Waals surface area contributed by atoms with Crippen molar-refractivity contribution in [2.75, 3.05) is 38.1 Å². The van der Waals surface area contributed by atoms with Gasteiger partial charge in [0.05, 0.1) is 17.8 Å². The highest BCUT2D eigenvalue weighted by Crippen LogP contribution is 2.50. The number of halogens is 7. The number of carbonyl (C=O) groups excluding carboxylic acids is 2. The number of amides is 3. The Morgan fingerprint density at radius 2 is 1.47 bits per heavy atom. The molecule has 0 bridgehead atoms. The summed E-state index contributed by atoms with van der Waals surface area (Å²) in [5.74, 6) is -1.28. The number of alkyl halides is 6. The van der Waals surface area contributed by atoms with Crippen LogP contribution >= 0.6 is 0 Å². The molecule has 2 aliphatic rings. The topological polar surface area (TPSA) is 105 Å². The van der Waals surface area contributed by atoms with E-state index in [2.05, 4.69) is 10.6 Å². The van der Waals surface area contributed by atoms with Crippen molar-refractivity contribution in [3.8, 4) is 0 Å². The van der Waals surface area contributed by atoms with Crippen molar-refractivity contribution in [2.24, 2.45) is 0 Å². The summed E-state index contributed by atoms with van der Waals surface area (Å²) in [4.78, 5) is 28.7.